The number of rotatable bonds is 8. The maximum absolute atomic E-state index is 11.7. The van der Waals surface area contributed by atoms with E-state index in [9.17, 15) is 4.79 Å². The first-order chi connectivity index (χ1) is 10.3. The van der Waals surface area contributed by atoms with E-state index in [1.165, 1.54) is 25.9 Å². The first-order valence-electron chi connectivity index (χ1n) is 8.68. The topological polar surface area (TPSA) is 53.6 Å². The quantitative estimate of drug-likeness (QED) is 0.676. The average Bonchev–Trinajstić information content (AvgIpc) is 2.88. The van der Waals surface area contributed by atoms with Crippen LogP contribution in [0.1, 0.15) is 47.5 Å². The molecule has 1 saturated heterocycles. The molecule has 0 radical (unpaired) electrons. The van der Waals surface area contributed by atoms with E-state index in [-0.39, 0.29) is 6.09 Å². The molecule has 1 aliphatic heterocycles. The van der Waals surface area contributed by atoms with Crippen molar-refractivity contribution in [2.45, 2.75) is 53.1 Å². The molecule has 0 saturated carbocycles. The summed E-state index contributed by atoms with van der Waals surface area (Å²) in [6, 6.07) is 0. The van der Waals surface area contributed by atoms with E-state index in [0.29, 0.717) is 18.4 Å². The lowest BCUT2D eigenvalue weighted by Crippen LogP contribution is -2.40. The summed E-state index contributed by atoms with van der Waals surface area (Å²) in [5, 5.41) is 6.42. The summed E-state index contributed by atoms with van der Waals surface area (Å²) >= 11 is 0. The minimum atomic E-state index is -0.439. The molecule has 2 N–H and O–H groups in total. The fourth-order valence-electron chi connectivity index (χ4n) is 2.60. The Morgan fingerprint density at radius 2 is 1.82 bits per heavy atom. The van der Waals surface area contributed by atoms with E-state index in [0.717, 1.165) is 19.6 Å². The van der Waals surface area contributed by atoms with Gasteiger partial charge in [0, 0.05) is 19.6 Å². The third kappa shape index (κ3) is 8.59. The van der Waals surface area contributed by atoms with Gasteiger partial charge in [-0.1, -0.05) is 13.8 Å². The van der Waals surface area contributed by atoms with Crippen molar-refractivity contribution >= 4 is 6.09 Å². The standard InChI is InChI=1S/C17H35N3O2/c1-14(2)15(13-19-16(21)22-17(3,4)5)12-18-8-11-20-9-6-7-10-20/h14-15,18H,6-13H2,1-5H3,(H,19,21). The number of nitrogens with one attached hydrogen (secondary N) is 2. The van der Waals surface area contributed by atoms with Gasteiger partial charge in [0.25, 0.3) is 0 Å². The van der Waals surface area contributed by atoms with E-state index >= 15 is 0 Å². The molecule has 1 unspecified atom stereocenters. The van der Waals surface area contributed by atoms with Gasteiger partial charge in [0.15, 0.2) is 0 Å². The van der Waals surface area contributed by atoms with Gasteiger partial charge in [-0.05, 0) is 65.1 Å². The van der Waals surface area contributed by atoms with Crippen LogP contribution in [0.3, 0.4) is 0 Å². The third-order valence-corrected chi connectivity index (χ3v) is 4.06. The fourth-order valence-corrected chi connectivity index (χ4v) is 2.60. The van der Waals surface area contributed by atoms with E-state index in [4.69, 9.17) is 4.74 Å². The van der Waals surface area contributed by atoms with Crippen molar-refractivity contribution in [3.05, 3.63) is 0 Å². The molecule has 5 nitrogen and oxygen atoms in total. The molecule has 5 heteroatoms. The first kappa shape index (κ1) is 19.2. The second-order valence-electron chi connectivity index (χ2n) is 7.64. The number of hydrogen-bond acceptors (Lipinski definition) is 4. The van der Waals surface area contributed by atoms with Crippen LogP contribution in [0.15, 0.2) is 0 Å². The molecule has 0 aliphatic carbocycles. The van der Waals surface area contributed by atoms with Crippen LogP contribution in [0.5, 0.6) is 0 Å². The third-order valence-electron chi connectivity index (χ3n) is 4.06. The summed E-state index contributed by atoms with van der Waals surface area (Å²) in [7, 11) is 0. The van der Waals surface area contributed by atoms with Gasteiger partial charge in [-0.25, -0.2) is 4.79 Å². The van der Waals surface area contributed by atoms with Crippen LogP contribution in [-0.2, 0) is 4.74 Å². The zero-order chi connectivity index (χ0) is 16.6. The van der Waals surface area contributed by atoms with E-state index in [2.05, 4.69) is 29.4 Å². The maximum atomic E-state index is 11.7. The highest BCUT2D eigenvalue weighted by Crippen LogP contribution is 2.10. The SMILES string of the molecule is CC(C)C(CNCCN1CCCC1)CNC(=O)OC(C)(C)C. The van der Waals surface area contributed by atoms with E-state index in [1.807, 2.05) is 20.8 Å². The number of hydrogen-bond donors (Lipinski definition) is 2. The van der Waals surface area contributed by atoms with Crippen molar-refractivity contribution in [3.8, 4) is 0 Å². The first-order valence-corrected chi connectivity index (χ1v) is 8.68. The number of carbonyl (C=O) groups is 1. The zero-order valence-electron chi connectivity index (χ0n) is 15.1. The molecule has 1 amide bonds. The lowest BCUT2D eigenvalue weighted by atomic mass is 9.96. The fraction of sp³-hybridized carbons (Fsp3) is 0.941. The lowest BCUT2D eigenvalue weighted by molar-refractivity contribution is 0.0515. The van der Waals surface area contributed by atoms with Gasteiger partial charge in [-0.15, -0.1) is 0 Å². The van der Waals surface area contributed by atoms with Crippen LogP contribution in [0.25, 0.3) is 0 Å². The summed E-state index contributed by atoms with van der Waals surface area (Å²) in [5.74, 6) is 0.945. The molecule has 1 atom stereocenters. The number of likely N-dealkylation sites (tertiary alicyclic amines) is 1. The predicted octanol–water partition coefficient (Wildman–Crippen LogP) is 2.47. The van der Waals surface area contributed by atoms with Gasteiger partial charge in [-0.2, -0.15) is 0 Å². The van der Waals surface area contributed by atoms with Gasteiger partial charge in [0.05, 0.1) is 0 Å². The number of nitrogens with zero attached hydrogens (tertiary/aromatic N) is 1. The maximum Gasteiger partial charge on any atom is 0.407 e. The summed E-state index contributed by atoms with van der Waals surface area (Å²) in [4.78, 5) is 14.2. The van der Waals surface area contributed by atoms with Gasteiger partial charge in [0.1, 0.15) is 5.60 Å². The summed E-state index contributed by atoms with van der Waals surface area (Å²) in [5.41, 5.74) is -0.439. The van der Waals surface area contributed by atoms with E-state index < -0.39 is 5.60 Å². The van der Waals surface area contributed by atoms with Gasteiger partial charge in [0.2, 0.25) is 0 Å². The number of ether oxygens (including phenoxy) is 1. The molecule has 0 aromatic heterocycles. The molecule has 130 valence electrons. The monoisotopic (exact) mass is 313 g/mol. The predicted molar refractivity (Wildman–Crippen MR) is 91.1 cm³/mol. The second kappa shape index (κ2) is 9.36. The van der Waals surface area contributed by atoms with Crippen LogP contribution < -0.4 is 10.6 Å². The largest absolute Gasteiger partial charge is 0.444 e. The molecule has 1 aliphatic rings. The minimum absolute atomic E-state index is 0.324. The molecule has 0 aromatic carbocycles. The number of carbonyl (C=O) groups excluding carboxylic acids is 1. The van der Waals surface area contributed by atoms with Crippen molar-refractivity contribution in [1.82, 2.24) is 15.5 Å². The molecule has 1 heterocycles. The molecule has 22 heavy (non-hydrogen) atoms. The Labute approximate surface area is 136 Å². The Morgan fingerprint density at radius 3 is 2.36 bits per heavy atom. The van der Waals surface area contributed by atoms with Gasteiger partial charge < -0.3 is 20.3 Å². The Kier molecular flexibility index (Phi) is 8.18. The second-order valence-corrected chi connectivity index (χ2v) is 7.64. The summed E-state index contributed by atoms with van der Waals surface area (Å²) < 4.78 is 5.28. The zero-order valence-corrected chi connectivity index (χ0v) is 15.1. The van der Waals surface area contributed by atoms with Crippen molar-refractivity contribution in [2.24, 2.45) is 11.8 Å². The normalized spacial score (nSPS) is 17.7. The Balaban J connectivity index is 2.19. The number of amides is 1. The highest BCUT2D eigenvalue weighted by molar-refractivity contribution is 5.67. The summed E-state index contributed by atoms with van der Waals surface area (Å²) in [6.07, 6.45) is 2.36. The van der Waals surface area contributed by atoms with Crippen LogP contribution in [0, 0.1) is 11.8 Å². The van der Waals surface area contributed by atoms with Crippen LogP contribution in [0.2, 0.25) is 0 Å². The highest BCUT2D eigenvalue weighted by atomic mass is 16.6. The molecule has 0 aromatic rings. The number of alkyl carbamates (subject to hydrolysis) is 1. The van der Waals surface area contributed by atoms with Crippen LogP contribution in [-0.4, -0.2) is 55.9 Å². The molecule has 1 rings (SSSR count). The van der Waals surface area contributed by atoms with Crippen molar-refractivity contribution < 1.29 is 9.53 Å². The van der Waals surface area contributed by atoms with Crippen LogP contribution in [0.4, 0.5) is 4.79 Å². The molecule has 0 spiro atoms. The van der Waals surface area contributed by atoms with Gasteiger partial charge in [-0.3, -0.25) is 0 Å². The van der Waals surface area contributed by atoms with Crippen molar-refractivity contribution in [1.29, 1.82) is 0 Å². The minimum Gasteiger partial charge on any atom is -0.444 e. The smallest absolute Gasteiger partial charge is 0.407 e. The van der Waals surface area contributed by atoms with Gasteiger partial charge >= 0.3 is 6.09 Å². The Hall–Kier alpha value is -0.810. The van der Waals surface area contributed by atoms with E-state index in [1.54, 1.807) is 0 Å². The van der Waals surface area contributed by atoms with Crippen molar-refractivity contribution in [3.63, 3.8) is 0 Å². The molecule has 1 fully saturated rings. The molecular weight excluding hydrogens is 278 g/mol. The Morgan fingerprint density at radius 1 is 1.18 bits per heavy atom. The molecular formula is C17H35N3O2. The lowest BCUT2D eigenvalue weighted by Gasteiger charge is -2.24. The summed E-state index contributed by atoms with van der Waals surface area (Å²) in [6.45, 7) is 16.3. The van der Waals surface area contributed by atoms with Crippen molar-refractivity contribution in [2.75, 3.05) is 39.3 Å². The highest BCUT2D eigenvalue weighted by Gasteiger charge is 2.19. The van der Waals surface area contributed by atoms with Crippen LogP contribution >= 0.6 is 0 Å². The Bertz CT molecular complexity index is 320. The average molecular weight is 313 g/mol. The molecule has 0 bridgehead atoms.